The minimum atomic E-state index is 0.770. The highest BCUT2D eigenvalue weighted by Crippen LogP contribution is 2.08. The molecule has 52 valence electrons. The summed E-state index contributed by atoms with van der Waals surface area (Å²) in [6, 6.07) is 0. The number of hydrogen-bond acceptors (Lipinski definition) is 3. The Morgan fingerprint density at radius 1 is 1.80 bits per heavy atom. The van der Waals surface area contributed by atoms with Gasteiger partial charge in [-0.3, -0.25) is 5.10 Å². The van der Waals surface area contributed by atoms with Crippen LogP contribution in [-0.4, -0.2) is 20.9 Å². The minimum absolute atomic E-state index is 0.770. The summed E-state index contributed by atoms with van der Waals surface area (Å²) in [5.74, 6) is 6.48. The lowest BCUT2D eigenvalue weighted by atomic mass is 10.7. The molecule has 1 heterocycles. The van der Waals surface area contributed by atoms with E-state index in [1.807, 2.05) is 6.92 Å². The SMILES string of the molecule is CC#CCSc1ncn[nH]1. The smallest absolute Gasteiger partial charge is 0.184 e. The van der Waals surface area contributed by atoms with Crippen LogP contribution in [0.3, 0.4) is 0 Å². The molecule has 0 atom stereocenters. The van der Waals surface area contributed by atoms with Crippen LogP contribution < -0.4 is 0 Å². The third kappa shape index (κ3) is 2.11. The number of hydrogen-bond donors (Lipinski definition) is 1. The molecule has 0 unspecified atom stereocenters. The number of H-pyrrole nitrogens is 1. The Balaban J connectivity index is 2.32. The van der Waals surface area contributed by atoms with Crippen LogP contribution in [0.2, 0.25) is 0 Å². The third-order valence-electron chi connectivity index (χ3n) is 0.851. The van der Waals surface area contributed by atoms with Crippen molar-refractivity contribution in [2.75, 3.05) is 5.75 Å². The lowest BCUT2D eigenvalue weighted by molar-refractivity contribution is 0.975. The predicted molar refractivity (Wildman–Crippen MR) is 40.6 cm³/mol. The quantitative estimate of drug-likeness (QED) is 0.507. The largest absolute Gasteiger partial charge is 0.254 e. The van der Waals surface area contributed by atoms with E-state index in [1.54, 1.807) is 11.8 Å². The van der Waals surface area contributed by atoms with E-state index in [1.165, 1.54) is 6.33 Å². The van der Waals surface area contributed by atoms with Gasteiger partial charge in [0, 0.05) is 0 Å². The van der Waals surface area contributed by atoms with Crippen molar-refractivity contribution in [2.45, 2.75) is 12.1 Å². The molecule has 0 aliphatic rings. The average molecular weight is 153 g/mol. The molecule has 0 saturated heterocycles. The van der Waals surface area contributed by atoms with Gasteiger partial charge in [-0.1, -0.05) is 17.7 Å². The number of aromatic nitrogens is 3. The summed E-state index contributed by atoms with van der Waals surface area (Å²) >= 11 is 1.55. The molecular weight excluding hydrogens is 146 g/mol. The minimum Gasteiger partial charge on any atom is -0.254 e. The molecule has 0 radical (unpaired) electrons. The van der Waals surface area contributed by atoms with Crippen molar-refractivity contribution in [3.63, 3.8) is 0 Å². The third-order valence-corrected chi connectivity index (χ3v) is 1.61. The van der Waals surface area contributed by atoms with Crippen LogP contribution in [0, 0.1) is 11.8 Å². The fraction of sp³-hybridized carbons (Fsp3) is 0.333. The zero-order valence-corrected chi connectivity index (χ0v) is 6.40. The maximum absolute atomic E-state index is 3.92. The van der Waals surface area contributed by atoms with Crippen molar-refractivity contribution in [1.82, 2.24) is 15.2 Å². The first-order valence-electron chi connectivity index (χ1n) is 2.81. The van der Waals surface area contributed by atoms with Gasteiger partial charge < -0.3 is 0 Å². The molecule has 1 rings (SSSR count). The van der Waals surface area contributed by atoms with Crippen LogP contribution in [-0.2, 0) is 0 Å². The molecule has 0 amide bonds. The Morgan fingerprint density at radius 3 is 3.30 bits per heavy atom. The van der Waals surface area contributed by atoms with Gasteiger partial charge >= 0.3 is 0 Å². The Hall–Kier alpha value is -0.950. The summed E-state index contributed by atoms with van der Waals surface area (Å²) in [6.07, 6.45) is 1.49. The van der Waals surface area contributed by atoms with Gasteiger partial charge in [0.25, 0.3) is 0 Å². The van der Waals surface area contributed by atoms with E-state index in [0.717, 1.165) is 10.9 Å². The van der Waals surface area contributed by atoms with Gasteiger partial charge in [-0.05, 0) is 6.92 Å². The van der Waals surface area contributed by atoms with Crippen molar-refractivity contribution < 1.29 is 0 Å². The Kier molecular flexibility index (Phi) is 2.84. The van der Waals surface area contributed by atoms with Crippen molar-refractivity contribution in [3.05, 3.63) is 6.33 Å². The Bertz CT molecular complexity index is 231. The number of aromatic amines is 1. The number of nitrogens with zero attached hydrogens (tertiary/aromatic N) is 2. The standard InChI is InChI=1S/C6H7N3S/c1-2-3-4-10-6-7-5-8-9-6/h5H,4H2,1H3,(H,7,8,9). The van der Waals surface area contributed by atoms with Crippen LogP contribution >= 0.6 is 11.8 Å². The molecule has 0 aliphatic heterocycles. The molecule has 10 heavy (non-hydrogen) atoms. The normalized spacial score (nSPS) is 8.50. The van der Waals surface area contributed by atoms with Gasteiger partial charge in [0.2, 0.25) is 0 Å². The maximum atomic E-state index is 3.92. The van der Waals surface area contributed by atoms with Crippen molar-refractivity contribution in [3.8, 4) is 11.8 Å². The first-order chi connectivity index (χ1) is 4.93. The maximum Gasteiger partial charge on any atom is 0.184 e. The predicted octanol–water partition coefficient (Wildman–Crippen LogP) is 0.920. The van der Waals surface area contributed by atoms with Gasteiger partial charge in [0.05, 0.1) is 5.75 Å². The first-order valence-corrected chi connectivity index (χ1v) is 3.80. The number of thioether (sulfide) groups is 1. The second-order valence-electron chi connectivity index (χ2n) is 1.51. The lowest BCUT2D eigenvalue weighted by Crippen LogP contribution is -1.76. The highest BCUT2D eigenvalue weighted by Gasteiger charge is 1.91. The molecule has 0 aromatic carbocycles. The van der Waals surface area contributed by atoms with Crippen LogP contribution in [0.1, 0.15) is 6.92 Å². The molecule has 0 spiro atoms. The zero-order chi connectivity index (χ0) is 7.23. The van der Waals surface area contributed by atoms with Crippen molar-refractivity contribution >= 4 is 11.8 Å². The summed E-state index contributed by atoms with van der Waals surface area (Å²) in [7, 11) is 0. The summed E-state index contributed by atoms with van der Waals surface area (Å²) < 4.78 is 0. The first kappa shape index (κ1) is 7.16. The molecule has 3 nitrogen and oxygen atoms in total. The molecule has 1 aromatic rings. The molecule has 0 aliphatic carbocycles. The average Bonchev–Trinajstić information content (AvgIpc) is 2.41. The molecule has 4 heteroatoms. The fourth-order valence-electron chi connectivity index (χ4n) is 0.440. The summed E-state index contributed by atoms with van der Waals surface area (Å²) in [6.45, 7) is 1.82. The van der Waals surface area contributed by atoms with Crippen LogP contribution in [0.4, 0.5) is 0 Å². The van der Waals surface area contributed by atoms with E-state index in [0.29, 0.717) is 0 Å². The highest BCUT2D eigenvalue weighted by atomic mass is 32.2. The van der Waals surface area contributed by atoms with E-state index in [4.69, 9.17) is 0 Å². The number of nitrogens with one attached hydrogen (secondary N) is 1. The van der Waals surface area contributed by atoms with E-state index in [-0.39, 0.29) is 0 Å². The molecule has 0 fully saturated rings. The van der Waals surface area contributed by atoms with E-state index in [9.17, 15) is 0 Å². The molecule has 0 bridgehead atoms. The van der Waals surface area contributed by atoms with Crippen LogP contribution in [0.25, 0.3) is 0 Å². The van der Waals surface area contributed by atoms with E-state index < -0.39 is 0 Å². The van der Waals surface area contributed by atoms with Crippen LogP contribution in [0.5, 0.6) is 0 Å². The van der Waals surface area contributed by atoms with Crippen molar-refractivity contribution in [1.29, 1.82) is 0 Å². The Morgan fingerprint density at radius 2 is 2.70 bits per heavy atom. The highest BCUT2D eigenvalue weighted by molar-refractivity contribution is 7.99. The summed E-state index contributed by atoms with van der Waals surface area (Å²) in [5.41, 5.74) is 0. The zero-order valence-electron chi connectivity index (χ0n) is 5.59. The fourth-order valence-corrected chi connectivity index (χ4v) is 1.03. The molecule has 1 N–H and O–H groups in total. The summed E-state index contributed by atoms with van der Waals surface area (Å²) in [4.78, 5) is 3.92. The number of rotatable bonds is 2. The molecular formula is C6H7N3S. The molecule has 0 saturated carbocycles. The van der Waals surface area contributed by atoms with Gasteiger partial charge in [-0.15, -0.1) is 5.92 Å². The van der Waals surface area contributed by atoms with Crippen LogP contribution in [0.15, 0.2) is 11.5 Å². The van der Waals surface area contributed by atoms with Gasteiger partial charge in [-0.2, -0.15) is 5.10 Å². The molecule has 1 aromatic heterocycles. The van der Waals surface area contributed by atoms with Gasteiger partial charge in [0.1, 0.15) is 6.33 Å². The van der Waals surface area contributed by atoms with Gasteiger partial charge in [0.15, 0.2) is 5.16 Å². The van der Waals surface area contributed by atoms with E-state index >= 15 is 0 Å². The monoisotopic (exact) mass is 153 g/mol. The topological polar surface area (TPSA) is 41.6 Å². The van der Waals surface area contributed by atoms with Crippen molar-refractivity contribution in [2.24, 2.45) is 0 Å². The lowest BCUT2D eigenvalue weighted by Gasteiger charge is -1.84. The Labute approximate surface area is 63.6 Å². The second kappa shape index (κ2) is 3.96. The van der Waals surface area contributed by atoms with Gasteiger partial charge in [-0.25, -0.2) is 4.98 Å². The second-order valence-corrected chi connectivity index (χ2v) is 2.47. The summed E-state index contributed by atoms with van der Waals surface area (Å²) in [5, 5.41) is 7.25. The van der Waals surface area contributed by atoms with E-state index in [2.05, 4.69) is 27.0 Å².